The van der Waals surface area contributed by atoms with Crippen LogP contribution in [-0.4, -0.2) is 25.0 Å². The maximum atomic E-state index is 12.7. The van der Waals surface area contributed by atoms with Gasteiger partial charge in [-0.2, -0.15) is 0 Å². The van der Waals surface area contributed by atoms with Crippen LogP contribution in [0.4, 0.5) is 5.69 Å². The molecule has 3 aromatic rings. The fourth-order valence-corrected chi connectivity index (χ4v) is 4.06. The van der Waals surface area contributed by atoms with Gasteiger partial charge in [-0.15, -0.1) is 0 Å². The summed E-state index contributed by atoms with van der Waals surface area (Å²) in [6.45, 7) is 0.638. The van der Waals surface area contributed by atoms with E-state index in [1.54, 1.807) is 17.0 Å². The molecule has 2 heterocycles. The van der Waals surface area contributed by atoms with Crippen molar-refractivity contribution in [2.75, 3.05) is 18.1 Å². The maximum absolute atomic E-state index is 12.7. The van der Waals surface area contributed by atoms with Gasteiger partial charge in [0.05, 0.1) is 6.04 Å². The van der Waals surface area contributed by atoms with E-state index in [0.717, 1.165) is 41.3 Å². The molecule has 0 aromatic heterocycles. The first-order chi connectivity index (χ1) is 15.2. The average Bonchev–Trinajstić information content (AvgIpc) is 3.23. The first kappa shape index (κ1) is 19.2. The van der Waals surface area contributed by atoms with Gasteiger partial charge in [0.2, 0.25) is 5.91 Å². The van der Waals surface area contributed by atoms with Crippen molar-refractivity contribution in [2.24, 2.45) is 0 Å². The number of hydrogen-bond acceptors (Lipinski definition) is 4. The smallest absolute Gasteiger partial charge is 0.258 e. The van der Waals surface area contributed by atoms with Crippen LogP contribution >= 0.6 is 0 Å². The average molecular weight is 414 g/mol. The van der Waals surface area contributed by atoms with E-state index in [1.165, 1.54) is 0 Å². The van der Waals surface area contributed by atoms with Gasteiger partial charge < -0.3 is 19.7 Å². The number of amides is 2. The lowest BCUT2D eigenvalue weighted by Gasteiger charge is -2.28. The highest BCUT2D eigenvalue weighted by Gasteiger charge is 2.28. The summed E-state index contributed by atoms with van der Waals surface area (Å²) < 4.78 is 11.7. The van der Waals surface area contributed by atoms with E-state index >= 15 is 0 Å². The number of nitrogens with one attached hydrogen (secondary N) is 1. The van der Waals surface area contributed by atoms with E-state index in [-0.39, 0.29) is 24.5 Å². The van der Waals surface area contributed by atoms with Crippen LogP contribution in [0.25, 0.3) is 0 Å². The second-order valence-electron chi connectivity index (χ2n) is 7.61. The van der Waals surface area contributed by atoms with Gasteiger partial charge in [-0.25, -0.2) is 0 Å². The van der Waals surface area contributed by atoms with Gasteiger partial charge in [0.25, 0.3) is 5.91 Å². The first-order valence-corrected chi connectivity index (χ1v) is 10.4. The Hall–Kier alpha value is -3.80. The van der Waals surface area contributed by atoms with Crippen molar-refractivity contribution in [2.45, 2.75) is 18.9 Å². The molecule has 1 fully saturated rings. The number of anilines is 1. The SMILES string of the molecule is O=C(COc1ccc(N2CCCC2=O)cc1)NC1c2ccccc2Oc2ccccc21. The number of rotatable bonds is 5. The van der Waals surface area contributed by atoms with Crippen molar-refractivity contribution in [3.05, 3.63) is 83.9 Å². The van der Waals surface area contributed by atoms with Crippen molar-refractivity contribution in [1.82, 2.24) is 5.32 Å². The van der Waals surface area contributed by atoms with E-state index in [2.05, 4.69) is 5.32 Å². The molecule has 0 aliphatic carbocycles. The number of nitrogens with zero attached hydrogens (tertiary/aromatic N) is 1. The summed E-state index contributed by atoms with van der Waals surface area (Å²) in [6, 6.07) is 22.3. The zero-order valence-electron chi connectivity index (χ0n) is 16.9. The molecule has 0 bridgehead atoms. The summed E-state index contributed by atoms with van der Waals surface area (Å²) in [4.78, 5) is 26.3. The van der Waals surface area contributed by atoms with Crippen LogP contribution in [0.3, 0.4) is 0 Å². The highest BCUT2D eigenvalue weighted by Crippen LogP contribution is 2.42. The fraction of sp³-hybridized carbons (Fsp3) is 0.200. The molecule has 0 spiro atoms. The van der Waals surface area contributed by atoms with Crippen molar-refractivity contribution >= 4 is 17.5 Å². The lowest BCUT2D eigenvalue weighted by atomic mass is 9.94. The van der Waals surface area contributed by atoms with Crippen LogP contribution in [0.5, 0.6) is 17.2 Å². The third-order valence-electron chi connectivity index (χ3n) is 5.58. The zero-order chi connectivity index (χ0) is 21.2. The Morgan fingerprint density at radius 3 is 2.23 bits per heavy atom. The van der Waals surface area contributed by atoms with E-state index in [0.29, 0.717) is 12.2 Å². The summed E-state index contributed by atoms with van der Waals surface area (Å²) >= 11 is 0. The first-order valence-electron chi connectivity index (χ1n) is 10.4. The molecule has 6 heteroatoms. The standard InChI is InChI=1S/C25H22N2O4/c28-23(16-30-18-13-11-17(12-14-18)27-15-5-10-24(27)29)26-25-19-6-1-3-8-21(19)31-22-9-4-2-7-20(22)25/h1-4,6-9,11-14,25H,5,10,15-16H2,(H,26,28). The van der Waals surface area contributed by atoms with Crippen LogP contribution in [-0.2, 0) is 9.59 Å². The topological polar surface area (TPSA) is 67.9 Å². The second-order valence-corrected chi connectivity index (χ2v) is 7.61. The van der Waals surface area contributed by atoms with Crippen LogP contribution < -0.4 is 19.7 Å². The molecular formula is C25H22N2O4. The summed E-state index contributed by atoms with van der Waals surface area (Å²) in [5, 5.41) is 3.07. The summed E-state index contributed by atoms with van der Waals surface area (Å²) in [7, 11) is 0. The molecule has 31 heavy (non-hydrogen) atoms. The fourth-order valence-electron chi connectivity index (χ4n) is 4.06. The number of benzene rings is 3. The second kappa shape index (κ2) is 8.14. The Morgan fingerprint density at radius 2 is 1.61 bits per heavy atom. The molecule has 0 unspecified atom stereocenters. The predicted octanol–water partition coefficient (Wildman–Crippen LogP) is 4.20. The summed E-state index contributed by atoms with van der Waals surface area (Å²) in [5.74, 6) is 1.97. The van der Waals surface area contributed by atoms with Crippen LogP contribution in [0, 0.1) is 0 Å². The Morgan fingerprint density at radius 1 is 0.968 bits per heavy atom. The van der Waals surface area contributed by atoms with Gasteiger partial charge in [0.15, 0.2) is 6.61 Å². The van der Waals surface area contributed by atoms with Gasteiger partial charge in [-0.05, 0) is 42.8 Å². The molecule has 1 N–H and O–H groups in total. The number of para-hydroxylation sites is 2. The van der Waals surface area contributed by atoms with Crippen molar-refractivity contribution in [3.63, 3.8) is 0 Å². The zero-order valence-corrected chi connectivity index (χ0v) is 16.9. The van der Waals surface area contributed by atoms with E-state index in [9.17, 15) is 9.59 Å². The number of carbonyl (C=O) groups is 2. The predicted molar refractivity (Wildman–Crippen MR) is 116 cm³/mol. The molecule has 2 amide bonds. The molecular weight excluding hydrogens is 392 g/mol. The van der Waals surface area contributed by atoms with E-state index < -0.39 is 0 Å². The van der Waals surface area contributed by atoms with Crippen LogP contribution in [0.1, 0.15) is 30.0 Å². The van der Waals surface area contributed by atoms with Gasteiger partial charge in [0, 0.05) is 29.8 Å². The molecule has 156 valence electrons. The Bertz CT molecular complexity index is 1080. The Kier molecular flexibility index (Phi) is 5.04. The third kappa shape index (κ3) is 3.84. The number of carbonyl (C=O) groups excluding carboxylic acids is 2. The number of fused-ring (bicyclic) bond motifs is 2. The molecule has 0 saturated carbocycles. The summed E-state index contributed by atoms with van der Waals surface area (Å²) in [5.41, 5.74) is 2.68. The normalized spacial score (nSPS) is 15.1. The van der Waals surface area contributed by atoms with E-state index in [1.807, 2.05) is 60.7 Å². The van der Waals surface area contributed by atoms with Crippen LogP contribution in [0.15, 0.2) is 72.8 Å². The number of ether oxygens (including phenoxy) is 2. The quantitative estimate of drug-likeness (QED) is 0.679. The van der Waals surface area contributed by atoms with Crippen molar-refractivity contribution < 1.29 is 19.1 Å². The highest BCUT2D eigenvalue weighted by molar-refractivity contribution is 5.95. The van der Waals surface area contributed by atoms with Crippen molar-refractivity contribution in [3.8, 4) is 17.2 Å². The monoisotopic (exact) mass is 414 g/mol. The molecule has 0 radical (unpaired) electrons. The molecule has 0 atom stereocenters. The van der Waals surface area contributed by atoms with Crippen LogP contribution in [0.2, 0.25) is 0 Å². The number of hydrogen-bond donors (Lipinski definition) is 1. The van der Waals surface area contributed by atoms with Crippen molar-refractivity contribution in [1.29, 1.82) is 0 Å². The minimum Gasteiger partial charge on any atom is -0.484 e. The van der Waals surface area contributed by atoms with Gasteiger partial charge in [-0.1, -0.05) is 36.4 Å². The minimum atomic E-state index is -0.305. The Balaban J connectivity index is 1.26. The van der Waals surface area contributed by atoms with Gasteiger partial charge in [-0.3, -0.25) is 9.59 Å². The largest absolute Gasteiger partial charge is 0.484 e. The Labute approximate surface area is 180 Å². The maximum Gasteiger partial charge on any atom is 0.258 e. The third-order valence-corrected chi connectivity index (χ3v) is 5.58. The molecule has 6 nitrogen and oxygen atoms in total. The molecule has 2 aliphatic rings. The molecule has 2 aliphatic heterocycles. The summed E-state index contributed by atoms with van der Waals surface area (Å²) in [6.07, 6.45) is 1.48. The van der Waals surface area contributed by atoms with Gasteiger partial charge >= 0.3 is 0 Å². The lowest BCUT2D eigenvalue weighted by molar-refractivity contribution is -0.123. The van der Waals surface area contributed by atoms with Gasteiger partial charge in [0.1, 0.15) is 17.2 Å². The highest BCUT2D eigenvalue weighted by atomic mass is 16.5. The molecule has 3 aromatic carbocycles. The molecule has 1 saturated heterocycles. The molecule has 5 rings (SSSR count). The minimum absolute atomic E-state index is 0.107. The lowest BCUT2D eigenvalue weighted by Crippen LogP contribution is -2.34. The van der Waals surface area contributed by atoms with E-state index in [4.69, 9.17) is 9.47 Å².